The molecule has 3 nitrogen and oxygen atoms in total. The number of nitrogens with zero attached hydrogens (tertiary/aromatic N) is 1. The molecule has 2 unspecified atom stereocenters. The van der Waals surface area contributed by atoms with E-state index in [4.69, 9.17) is 5.73 Å². The highest BCUT2D eigenvalue weighted by atomic mass is 16.3. The molecule has 1 aliphatic rings. The normalized spacial score (nSPS) is 25.6. The Morgan fingerprint density at radius 2 is 1.95 bits per heavy atom. The van der Waals surface area contributed by atoms with Gasteiger partial charge < -0.3 is 15.7 Å². The van der Waals surface area contributed by atoms with Crippen LogP contribution in [0.5, 0.6) is 0 Å². The van der Waals surface area contributed by atoms with Gasteiger partial charge in [-0.1, -0.05) is 29.3 Å². The van der Waals surface area contributed by atoms with E-state index < -0.39 is 5.60 Å². The number of hydrogen-bond donors (Lipinski definition) is 2. The van der Waals surface area contributed by atoms with Crippen LogP contribution in [0.15, 0.2) is 18.2 Å². The van der Waals surface area contributed by atoms with E-state index in [9.17, 15) is 5.11 Å². The minimum atomic E-state index is -0.526. The smallest absolute Gasteiger partial charge is 0.0746 e. The predicted octanol–water partition coefficient (Wildman–Crippen LogP) is 2.54. The van der Waals surface area contributed by atoms with E-state index in [-0.39, 0.29) is 6.04 Å². The van der Waals surface area contributed by atoms with Crippen LogP contribution in [0.25, 0.3) is 0 Å². The van der Waals surface area contributed by atoms with Crippen LogP contribution in [0.1, 0.15) is 48.9 Å². The second-order valence-corrected chi connectivity index (χ2v) is 6.69. The fourth-order valence-electron chi connectivity index (χ4n) is 3.23. The Bertz CT molecular complexity index is 436. The topological polar surface area (TPSA) is 49.5 Å². The lowest BCUT2D eigenvalue weighted by Crippen LogP contribution is -2.46. The van der Waals surface area contributed by atoms with Gasteiger partial charge in [-0.15, -0.1) is 0 Å². The minimum absolute atomic E-state index is 0.0838. The molecule has 3 N–H and O–H groups in total. The van der Waals surface area contributed by atoms with Crippen LogP contribution in [0.3, 0.4) is 0 Å². The summed E-state index contributed by atoms with van der Waals surface area (Å²) in [5.41, 5.74) is 9.58. The zero-order valence-electron chi connectivity index (χ0n) is 13.0. The van der Waals surface area contributed by atoms with Crippen LogP contribution in [0.4, 0.5) is 0 Å². The van der Waals surface area contributed by atoms with E-state index in [1.807, 2.05) is 6.92 Å². The Morgan fingerprint density at radius 1 is 1.30 bits per heavy atom. The number of aliphatic hydroxyl groups is 1. The van der Waals surface area contributed by atoms with Crippen molar-refractivity contribution in [2.75, 3.05) is 19.6 Å². The summed E-state index contributed by atoms with van der Waals surface area (Å²) in [6.07, 6.45) is 2.93. The maximum absolute atomic E-state index is 10.1. The summed E-state index contributed by atoms with van der Waals surface area (Å²) in [6.45, 7) is 8.98. The van der Waals surface area contributed by atoms with Gasteiger partial charge in [0, 0.05) is 19.1 Å². The van der Waals surface area contributed by atoms with Crippen molar-refractivity contribution < 1.29 is 5.11 Å². The van der Waals surface area contributed by atoms with Crippen LogP contribution in [0, 0.1) is 13.8 Å². The van der Waals surface area contributed by atoms with Gasteiger partial charge in [0.15, 0.2) is 0 Å². The fraction of sp³-hybridized carbons (Fsp3) is 0.647. The van der Waals surface area contributed by atoms with Crippen molar-refractivity contribution in [2.45, 2.75) is 51.7 Å². The molecule has 1 saturated heterocycles. The maximum atomic E-state index is 10.1. The highest BCUT2D eigenvalue weighted by Crippen LogP contribution is 2.22. The molecule has 112 valence electrons. The van der Waals surface area contributed by atoms with Crippen molar-refractivity contribution in [1.29, 1.82) is 0 Å². The summed E-state index contributed by atoms with van der Waals surface area (Å²) in [5.74, 6) is 0. The van der Waals surface area contributed by atoms with Gasteiger partial charge in [-0.05, 0) is 52.1 Å². The molecule has 1 aromatic carbocycles. The lowest BCUT2D eigenvalue weighted by atomic mass is 9.94. The summed E-state index contributed by atoms with van der Waals surface area (Å²) in [5, 5.41) is 10.1. The van der Waals surface area contributed by atoms with Gasteiger partial charge in [0.25, 0.3) is 0 Å². The number of hydrogen-bond acceptors (Lipinski definition) is 3. The van der Waals surface area contributed by atoms with Gasteiger partial charge >= 0.3 is 0 Å². The first-order chi connectivity index (χ1) is 9.35. The molecule has 1 fully saturated rings. The largest absolute Gasteiger partial charge is 0.389 e. The van der Waals surface area contributed by atoms with Crippen molar-refractivity contribution in [3.63, 3.8) is 0 Å². The van der Waals surface area contributed by atoms with Crippen LogP contribution >= 0.6 is 0 Å². The van der Waals surface area contributed by atoms with Gasteiger partial charge in [0.05, 0.1) is 5.60 Å². The number of likely N-dealkylation sites (tertiary alicyclic amines) is 1. The first-order valence-corrected chi connectivity index (χ1v) is 7.64. The summed E-state index contributed by atoms with van der Waals surface area (Å²) < 4.78 is 0. The van der Waals surface area contributed by atoms with E-state index in [2.05, 4.69) is 36.9 Å². The van der Waals surface area contributed by atoms with Gasteiger partial charge in [0.2, 0.25) is 0 Å². The number of rotatable bonds is 4. The van der Waals surface area contributed by atoms with Crippen molar-refractivity contribution in [3.8, 4) is 0 Å². The van der Waals surface area contributed by atoms with Gasteiger partial charge in [0.1, 0.15) is 0 Å². The third kappa shape index (κ3) is 4.30. The minimum Gasteiger partial charge on any atom is -0.389 e. The van der Waals surface area contributed by atoms with Crippen LogP contribution in [-0.2, 0) is 0 Å². The molecule has 0 aliphatic carbocycles. The van der Waals surface area contributed by atoms with Crippen LogP contribution < -0.4 is 5.73 Å². The van der Waals surface area contributed by atoms with Gasteiger partial charge in [-0.25, -0.2) is 0 Å². The molecule has 0 amide bonds. The van der Waals surface area contributed by atoms with Crippen molar-refractivity contribution in [3.05, 3.63) is 34.9 Å². The Hall–Kier alpha value is -0.900. The first kappa shape index (κ1) is 15.5. The Labute approximate surface area is 122 Å². The van der Waals surface area contributed by atoms with Gasteiger partial charge in [-0.2, -0.15) is 0 Å². The Kier molecular flexibility index (Phi) is 4.84. The van der Waals surface area contributed by atoms with Gasteiger partial charge in [-0.3, -0.25) is 0 Å². The molecule has 1 aromatic rings. The molecule has 0 aromatic heterocycles. The fourth-order valence-corrected chi connectivity index (χ4v) is 3.23. The van der Waals surface area contributed by atoms with Crippen LogP contribution in [-0.4, -0.2) is 35.2 Å². The molecule has 0 bridgehead atoms. The summed E-state index contributed by atoms with van der Waals surface area (Å²) in [7, 11) is 0. The molecule has 2 atom stereocenters. The number of piperidine rings is 1. The third-order valence-corrected chi connectivity index (χ3v) is 4.18. The SMILES string of the molecule is Cc1cc(C)cc(C(N)CCN2CCCC(C)(O)C2)c1. The summed E-state index contributed by atoms with van der Waals surface area (Å²) in [6, 6.07) is 6.63. The number of nitrogens with two attached hydrogens (primary N) is 1. The molecule has 3 heteroatoms. The maximum Gasteiger partial charge on any atom is 0.0746 e. The highest BCUT2D eigenvalue weighted by molar-refractivity contribution is 5.30. The average Bonchev–Trinajstić information content (AvgIpc) is 2.33. The lowest BCUT2D eigenvalue weighted by Gasteiger charge is -2.37. The van der Waals surface area contributed by atoms with Crippen molar-refractivity contribution in [2.24, 2.45) is 5.73 Å². The van der Waals surface area contributed by atoms with Crippen molar-refractivity contribution >= 4 is 0 Å². The lowest BCUT2D eigenvalue weighted by molar-refractivity contribution is -0.0161. The van der Waals surface area contributed by atoms with E-state index in [0.29, 0.717) is 0 Å². The predicted molar refractivity (Wildman–Crippen MR) is 83.8 cm³/mol. The number of β-amino-alcohol motifs (C(OH)–C–C–N with tert-alkyl or cyclic N) is 1. The molecule has 0 saturated carbocycles. The first-order valence-electron chi connectivity index (χ1n) is 7.64. The molecule has 2 rings (SSSR count). The Morgan fingerprint density at radius 3 is 2.55 bits per heavy atom. The molecular weight excluding hydrogens is 248 g/mol. The third-order valence-electron chi connectivity index (χ3n) is 4.18. The van der Waals surface area contributed by atoms with E-state index >= 15 is 0 Å². The van der Waals surface area contributed by atoms with E-state index in [1.54, 1.807) is 0 Å². The Balaban J connectivity index is 1.90. The van der Waals surface area contributed by atoms with Crippen molar-refractivity contribution in [1.82, 2.24) is 4.90 Å². The number of aryl methyl sites for hydroxylation is 2. The summed E-state index contributed by atoms with van der Waals surface area (Å²) in [4.78, 5) is 2.34. The molecule has 20 heavy (non-hydrogen) atoms. The van der Waals surface area contributed by atoms with E-state index in [1.165, 1.54) is 16.7 Å². The molecular formula is C17H28N2O. The monoisotopic (exact) mass is 276 g/mol. The second-order valence-electron chi connectivity index (χ2n) is 6.69. The molecule has 0 spiro atoms. The average molecular weight is 276 g/mol. The highest BCUT2D eigenvalue weighted by Gasteiger charge is 2.28. The van der Waals surface area contributed by atoms with E-state index in [0.717, 1.165) is 38.9 Å². The number of benzene rings is 1. The molecule has 0 radical (unpaired) electrons. The summed E-state index contributed by atoms with van der Waals surface area (Å²) >= 11 is 0. The molecule has 1 heterocycles. The zero-order valence-corrected chi connectivity index (χ0v) is 13.0. The second kappa shape index (κ2) is 6.25. The molecule has 1 aliphatic heterocycles. The quantitative estimate of drug-likeness (QED) is 0.888. The zero-order chi connectivity index (χ0) is 14.8. The standard InChI is InChI=1S/C17H28N2O/c1-13-9-14(2)11-15(10-13)16(18)5-8-19-7-4-6-17(3,20)12-19/h9-11,16,20H,4-8,12,18H2,1-3H3. The van der Waals surface area contributed by atoms with Crippen LogP contribution in [0.2, 0.25) is 0 Å².